The number of nitrogens with zero attached hydrogens (tertiary/aromatic N) is 1. The monoisotopic (exact) mass is 380 g/mol. The second-order valence-corrected chi connectivity index (χ2v) is 7.43. The number of halogens is 1. The van der Waals surface area contributed by atoms with Gasteiger partial charge in [-0.1, -0.05) is 17.7 Å². The molecule has 1 aromatic heterocycles. The highest BCUT2D eigenvalue weighted by Gasteiger charge is 2.20. The maximum absolute atomic E-state index is 12.6. The number of carbonyl (C=O) groups is 1. The minimum atomic E-state index is -0.180. The van der Waals surface area contributed by atoms with Gasteiger partial charge in [-0.15, -0.1) is 11.3 Å². The summed E-state index contributed by atoms with van der Waals surface area (Å²) in [5.41, 5.74) is 0.470. The Bertz CT molecular complexity index is 734. The fourth-order valence-electron chi connectivity index (χ4n) is 2.67. The van der Waals surface area contributed by atoms with Gasteiger partial charge in [0, 0.05) is 23.4 Å². The van der Waals surface area contributed by atoms with E-state index in [0.717, 1.165) is 6.42 Å². The van der Waals surface area contributed by atoms with Crippen molar-refractivity contribution in [2.24, 2.45) is 0 Å². The van der Waals surface area contributed by atoms with Gasteiger partial charge in [-0.05, 0) is 37.7 Å². The normalized spacial score (nSPS) is 14.9. The van der Waals surface area contributed by atoms with E-state index >= 15 is 0 Å². The lowest BCUT2D eigenvalue weighted by molar-refractivity contribution is 0.0942. The van der Waals surface area contributed by atoms with E-state index in [0.29, 0.717) is 41.8 Å². The molecule has 0 saturated carbocycles. The Morgan fingerprint density at radius 1 is 1.36 bits per heavy atom. The SMILES string of the molecule is CN(C)C(CNC(=O)c1cc(Cl)c2c(c1)OCCCO2)c1cccs1. The molecule has 1 aliphatic heterocycles. The van der Waals surface area contributed by atoms with Crippen molar-refractivity contribution in [2.75, 3.05) is 33.9 Å². The van der Waals surface area contributed by atoms with E-state index in [1.54, 1.807) is 23.5 Å². The largest absolute Gasteiger partial charge is 0.489 e. The number of rotatable bonds is 5. The van der Waals surface area contributed by atoms with E-state index in [9.17, 15) is 4.79 Å². The van der Waals surface area contributed by atoms with Gasteiger partial charge in [-0.25, -0.2) is 0 Å². The lowest BCUT2D eigenvalue weighted by atomic mass is 10.1. The van der Waals surface area contributed by atoms with Gasteiger partial charge < -0.3 is 19.7 Å². The first-order valence-corrected chi connectivity index (χ1v) is 9.39. The molecule has 1 N–H and O–H groups in total. The average molecular weight is 381 g/mol. The molecule has 1 aromatic carbocycles. The summed E-state index contributed by atoms with van der Waals surface area (Å²) in [6.45, 7) is 1.62. The van der Waals surface area contributed by atoms with Crippen molar-refractivity contribution in [1.29, 1.82) is 0 Å². The van der Waals surface area contributed by atoms with Gasteiger partial charge in [-0.2, -0.15) is 0 Å². The second kappa shape index (κ2) is 8.08. The van der Waals surface area contributed by atoms with E-state index in [2.05, 4.69) is 16.3 Å². The summed E-state index contributed by atoms with van der Waals surface area (Å²) in [7, 11) is 4.00. The Hall–Kier alpha value is -1.76. The van der Waals surface area contributed by atoms with Crippen molar-refractivity contribution in [3.05, 3.63) is 45.1 Å². The summed E-state index contributed by atoms with van der Waals surface area (Å²) >= 11 is 7.95. The van der Waals surface area contributed by atoms with Crippen molar-refractivity contribution in [3.8, 4) is 11.5 Å². The Labute approximate surface area is 156 Å². The van der Waals surface area contributed by atoms with Crippen LogP contribution in [-0.4, -0.2) is 44.7 Å². The van der Waals surface area contributed by atoms with Crippen molar-refractivity contribution < 1.29 is 14.3 Å². The van der Waals surface area contributed by atoms with Gasteiger partial charge >= 0.3 is 0 Å². The van der Waals surface area contributed by atoms with Crippen molar-refractivity contribution >= 4 is 28.8 Å². The summed E-state index contributed by atoms with van der Waals surface area (Å²) in [6, 6.07) is 7.53. The molecule has 3 rings (SSSR count). The van der Waals surface area contributed by atoms with Crippen LogP contribution in [0, 0.1) is 0 Å². The van der Waals surface area contributed by atoms with Crippen LogP contribution in [0.4, 0.5) is 0 Å². The standard InChI is InChI=1S/C18H21ClN2O3S/c1-21(2)14(16-5-3-8-25-16)11-20-18(22)12-9-13(19)17-15(10-12)23-6-4-7-24-17/h3,5,8-10,14H,4,6-7,11H2,1-2H3,(H,20,22). The quantitative estimate of drug-likeness (QED) is 0.861. The summed E-state index contributed by atoms with van der Waals surface area (Å²) in [6.07, 6.45) is 0.790. The second-order valence-electron chi connectivity index (χ2n) is 6.04. The molecule has 2 heterocycles. The van der Waals surface area contributed by atoms with Crippen LogP contribution in [0.2, 0.25) is 5.02 Å². The molecule has 0 saturated heterocycles. The third-order valence-corrected chi connectivity index (χ3v) is 5.27. The molecule has 5 nitrogen and oxygen atoms in total. The Balaban J connectivity index is 1.73. The molecule has 1 unspecified atom stereocenters. The lowest BCUT2D eigenvalue weighted by Crippen LogP contribution is -2.34. The van der Waals surface area contributed by atoms with Crippen molar-refractivity contribution in [2.45, 2.75) is 12.5 Å². The molecule has 0 aliphatic carbocycles. The summed E-state index contributed by atoms with van der Waals surface area (Å²) in [5, 5.41) is 5.42. The minimum Gasteiger partial charge on any atom is -0.489 e. The van der Waals surface area contributed by atoms with Crippen LogP contribution in [0.25, 0.3) is 0 Å². The van der Waals surface area contributed by atoms with E-state index < -0.39 is 0 Å². The van der Waals surface area contributed by atoms with Crippen LogP contribution in [-0.2, 0) is 0 Å². The highest BCUT2D eigenvalue weighted by Crippen LogP contribution is 2.38. The molecule has 7 heteroatoms. The van der Waals surface area contributed by atoms with Crippen LogP contribution in [0.3, 0.4) is 0 Å². The molecular weight excluding hydrogens is 360 g/mol. The fourth-order valence-corrected chi connectivity index (χ4v) is 3.86. The molecule has 25 heavy (non-hydrogen) atoms. The Morgan fingerprint density at radius 2 is 2.16 bits per heavy atom. The van der Waals surface area contributed by atoms with E-state index in [-0.39, 0.29) is 11.9 Å². The maximum atomic E-state index is 12.6. The number of ether oxygens (including phenoxy) is 2. The number of fused-ring (bicyclic) bond motifs is 1. The minimum absolute atomic E-state index is 0.125. The number of amides is 1. The first kappa shape index (κ1) is 18.0. The van der Waals surface area contributed by atoms with E-state index in [4.69, 9.17) is 21.1 Å². The summed E-state index contributed by atoms with van der Waals surface area (Å²) in [5.74, 6) is 0.860. The number of hydrogen-bond donors (Lipinski definition) is 1. The van der Waals surface area contributed by atoms with Crippen LogP contribution < -0.4 is 14.8 Å². The van der Waals surface area contributed by atoms with Gasteiger partial charge in [-0.3, -0.25) is 4.79 Å². The number of nitrogens with one attached hydrogen (secondary N) is 1. The van der Waals surface area contributed by atoms with Crippen molar-refractivity contribution in [1.82, 2.24) is 10.2 Å². The predicted octanol–water partition coefficient (Wildman–Crippen LogP) is 3.60. The lowest BCUT2D eigenvalue weighted by Gasteiger charge is -2.23. The van der Waals surface area contributed by atoms with Crippen LogP contribution >= 0.6 is 22.9 Å². The molecule has 134 valence electrons. The van der Waals surface area contributed by atoms with Gasteiger partial charge in [0.2, 0.25) is 0 Å². The van der Waals surface area contributed by atoms with Crippen LogP contribution in [0.1, 0.15) is 27.7 Å². The Morgan fingerprint density at radius 3 is 2.88 bits per heavy atom. The van der Waals surface area contributed by atoms with Gasteiger partial charge in [0.25, 0.3) is 5.91 Å². The Kier molecular flexibility index (Phi) is 5.83. The molecule has 1 atom stereocenters. The number of carbonyl (C=O) groups excluding carboxylic acids is 1. The smallest absolute Gasteiger partial charge is 0.251 e. The molecule has 1 amide bonds. The number of thiophene rings is 1. The average Bonchev–Trinajstić information content (AvgIpc) is 2.99. The molecule has 0 fully saturated rings. The van der Waals surface area contributed by atoms with Gasteiger partial charge in [0.05, 0.1) is 24.3 Å². The molecule has 0 bridgehead atoms. The topological polar surface area (TPSA) is 50.8 Å². The summed E-state index contributed by atoms with van der Waals surface area (Å²) < 4.78 is 11.2. The third kappa shape index (κ3) is 4.26. The number of likely N-dealkylation sites (N-methyl/N-ethyl adjacent to an activating group) is 1. The fraction of sp³-hybridized carbons (Fsp3) is 0.389. The highest BCUT2D eigenvalue weighted by molar-refractivity contribution is 7.10. The van der Waals surface area contributed by atoms with Crippen molar-refractivity contribution in [3.63, 3.8) is 0 Å². The first-order valence-electron chi connectivity index (χ1n) is 8.13. The zero-order valence-corrected chi connectivity index (χ0v) is 15.8. The van der Waals surface area contributed by atoms with Crippen LogP contribution in [0.5, 0.6) is 11.5 Å². The van der Waals surface area contributed by atoms with E-state index in [1.807, 2.05) is 25.5 Å². The predicted molar refractivity (Wildman–Crippen MR) is 100 cm³/mol. The molecule has 0 radical (unpaired) electrons. The maximum Gasteiger partial charge on any atom is 0.251 e. The molecule has 0 spiro atoms. The zero-order chi connectivity index (χ0) is 17.8. The number of hydrogen-bond acceptors (Lipinski definition) is 5. The molecule has 2 aromatic rings. The van der Waals surface area contributed by atoms with Gasteiger partial charge in [0.1, 0.15) is 0 Å². The van der Waals surface area contributed by atoms with Gasteiger partial charge in [0.15, 0.2) is 11.5 Å². The highest BCUT2D eigenvalue weighted by atomic mass is 35.5. The van der Waals surface area contributed by atoms with E-state index in [1.165, 1.54) is 4.88 Å². The summed E-state index contributed by atoms with van der Waals surface area (Å²) in [4.78, 5) is 15.9. The third-order valence-electron chi connectivity index (χ3n) is 4.02. The first-order chi connectivity index (χ1) is 12.1. The number of benzene rings is 1. The zero-order valence-electron chi connectivity index (χ0n) is 14.3. The van der Waals surface area contributed by atoms with Crippen LogP contribution in [0.15, 0.2) is 29.6 Å². The molecule has 1 aliphatic rings. The molecular formula is C18H21ClN2O3S.